The number of ether oxygens (including phenoxy) is 1. The van der Waals surface area contributed by atoms with E-state index in [1.165, 1.54) is 0 Å². The van der Waals surface area contributed by atoms with Crippen molar-refractivity contribution in [3.05, 3.63) is 47.8 Å². The number of hydrogen-bond acceptors (Lipinski definition) is 5. The third kappa shape index (κ3) is 3.84. The van der Waals surface area contributed by atoms with Crippen LogP contribution in [0.15, 0.2) is 36.7 Å². The molecule has 25 heavy (non-hydrogen) atoms. The molecule has 0 spiro atoms. The summed E-state index contributed by atoms with van der Waals surface area (Å²) < 4.78 is 7.06. The summed E-state index contributed by atoms with van der Waals surface area (Å²) in [6.45, 7) is 1.99. The summed E-state index contributed by atoms with van der Waals surface area (Å²) >= 11 is 0. The molecule has 1 heterocycles. The van der Waals surface area contributed by atoms with E-state index in [9.17, 15) is 5.11 Å². The van der Waals surface area contributed by atoms with Crippen LogP contribution in [0.4, 0.5) is 0 Å². The molecule has 1 fully saturated rings. The standard InChI is InChI=1S/C19H24N4O2/c1-13-11-21-23(12-13)19-17(10-18(19)24)22-16(4-3-9-20)14-5-7-15(25-2)8-6-14/h5-8,11-12,16-19,22,24H,3-4,10H2,1-2H3/t16?,17-,18+,19+/m0/s1. The Bertz CT molecular complexity index is 735. The summed E-state index contributed by atoms with van der Waals surface area (Å²) in [7, 11) is 1.65. The minimum Gasteiger partial charge on any atom is -0.497 e. The molecular formula is C19H24N4O2. The number of aliphatic hydroxyl groups excluding tert-OH is 1. The van der Waals surface area contributed by atoms with E-state index in [1.807, 2.05) is 42.1 Å². The van der Waals surface area contributed by atoms with Gasteiger partial charge in [0.15, 0.2) is 0 Å². The lowest BCUT2D eigenvalue weighted by Crippen LogP contribution is -2.55. The van der Waals surface area contributed by atoms with Gasteiger partial charge in [0, 0.05) is 24.7 Å². The number of benzene rings is 1. The first-order chi connectivity index (χ1) is 12.1. The Hall–Kier alpha value is -2.36. The van der Waals surface area contributed by atoms with E-state index < -0.39 is 6.10 Å². The minimum absolute atomic E-state index is 0.0576. The van der Waals surface area contributed by atoms with Gasteiger partial charge in [-0.1, -0.05) is 12.1 Å². The number of aromatic nitrogens is 2. The number of hydrogen-bond donors (Lipinski definition) is 2. The number of aliphatic hydroxyl groups is 1. The van der Waals surface area contributed by atoms with Gasteiger partial charge in [-0.2, -0.15) is 10.4 Å². The molecule has 0 saturated heterocycles. The number of nitriles is 1. The fraction of sp³-hybridized carbons (Fsp3) is 0.474. The van der Waals surface area contributed by atoms with Gasteiger partial charge in [-0.05, 0) is 43.0 Å². The van der Waals surface area contributed by atoms with Crippen LogP contribution in [0.1, 0.15) is 42.5 Å². The molecule has 0 bridgehead atoms. The summed E-state index contributed by atoms with van der Waals surface area (Å²) in [4.78, 5) is 0. The van der Waals surface area contributed by atoms with E-state index in [-0.39, 0.29) is 18.1 Å². The van der Waals surface area contributed by atoms with Gasteiger partial charge in [0.05, 0.1) is 31.5 Å². The average Bonchev–Trinajstić information content (AvgIpc) is 3.02. The van der Waals surface area contributed by atoms with Crippen LogP contribution in [0.5, 0.6) is 5.75 Å². The van der Waals surface area contributed by atoms with Gasteiger partial charge in [0.1, 0.15) is 5.75 Å². The van der Waals surface area contributed by atoms with Gasteiger partial charge >= 0.3 is 0 Å². The zero-order chi connectivity index (χ0) is 17.8. The molecule has 1 saturated carbocycles. The normalized spacial score (nSPS) is 23.5. The largest absolute Gasteiger partial charge is 0.497 e. The van der Waals surface area contributed by atoms with Gasteiger partial charge in [-0.3, -0.25) is 4.68 Å². The second-order valence-corrected chi connectivity index (χ2v) is 6.59. The Morgan fingerprint density at radius 3 is 2.76 bits per heavy atom. The van der Waals surface area contributed by atoms with E-state index in [2.05, 4.69) is 16.5 Å². The SMILES string of the molecule is COc1ccc(C(CCC#N)N[C@H]2C[C@@H](O)[C@@H]2n2cc(C)cn2)cc1. The summed E-state index contributed by atoms with van der Waals surface area (Å²) in [5.74, 6) is 0.812. The van der Waals surface area contributed by atoms with E-state index in [1.54, 1.807) is 13.3 Å². The van der Waals surface area contributed by atoms with Crippen LogP contribution < -0.4 is 10.1 Å². The molecule has 0 amide bonds. The fourth-order valence-corrected chi connectivity index (χ4v) is 3.38. The molecule has 1 aliphatic rings. The smallest absolute Gasteiger partial charge is 0.118 e. The lowest BCUT2D eigenvalue weighted by atomic mass is 9.82. The highest BCUT2D eigenvalue weighted by Crippen LogP contribution is 2.35. The number of nitrogens with zero attached hydrogens (tertiary/aromatic N) is 3. The highest BCUT2D eigenvalue weighted by molar-refractivity contribution is 5.29. The zero-order valence-electron chi connectivity index (χ0n) is 14.6. The molecule has 1 aromatic heterocycles. The Morgan fingerprint density at radius 2 is 2.20 bits per heavy atom. The molecule has 3 rings (SSSR count). The monoisotopic (exact) mass is 340 g/mol. The Morgan fingerprint density at radius 1 is 1.44 bits per heavy atom. The van der Waals surface area contributed by atoms with Crippen LogP contribution in [-0.2, 0) is 0 Å². The summed E-state index contributed by atoms with van der Waals surface area (Å²) in [6, 6.07) is 10.2. The zero-order valence-corrected chi connectivity index (χ0v) is 14.6. The van der Waals surface area contributed by atoms with Crippen LogP contribution >= 0.6 is 0 Å². The van der Waals surface area contributed by atoms with Gasteiger partial charge in [-0.25, -0.2) is 0 Å². The van der Waals surface area contributed by atoms with Crippen molar-refractivity contribution >= 4 is 0 Å². The Kier molecular flexibility index (Phi) is 5.37. The minimum atomic E-state index is -0.399. The van der Waals surface area contributed by atoms with Gasteiger partial charge < -0.3 is 15.2 Å². The summed E-state index contributed by atoms with van der Waals surface area (Å²) in [5.41, 5.74) is 2.20. The molecule has 0 aliphatic heterocycles. The van der Waals surface area contributed by atoms with Crippen LogP contribution in [0.25, 0.3) is 0 Å². The van der Waals surface area contributed by atoms with E-state index in [4.69, 9.17) is 10.00 Å². The third-order valence-electron chi connectivity index (χ3n) is 4.82. The molecule has 2 N–H and O–H groups in total. The second kappa shape index (κ2) is 7.68. The van der Waals surface area contributed by atoms with Crippen LogP contribution in [0.2, 0.25) is 0 Å². The molecule has 1 unspecified atom stereocenters. The molecular weight excluding hydrogens is 316 g/mol. The first-order valence-electron chi connectivity index (χ1n) is 8.58. The highest BCUT2D eigenvalue weighted by Gasteiger charge is 2.42. The highest BCUT2D eigenvalue weighted by atomic mass is 16.5. The number of rotatable bonds is 7. The molecule has 1 aromatic carbocycles. The maximum atomic E-state index is 10.2. The van der Waals surface area contributed by atoms with Crippen molar-refractivity contribution in [2.75, 3.05) is 7.11 Å². The summed E-state index contributed by atoms with van der Waals surface area (Å²) in [6.07, 6.45) is 5.25. The predicted molar refractivity (Wildman–Crippen MR) is 94.1 cm³/mol. The van der Waals surface area contributed by atoms with Crippen molar-refractivity contribution in [3.8, 4) is 11.8 Å². The number of nitrogens with one attached hydrogen (secondary N) is 1. The second-order valence-electron chi connectivity index (χ2n) is 6.59. The van der Waals surface area contributed by atoms with Crippen molar-refractivity contribution in [2.24, 2.45) is 0 Å². The maximum Gasteiger partial charge on any atom is 0.118 e. The summed E-state index contributed by atoms with van der Waals surface area (Å²) in [5, 5.41) is 27.1. The first-order valence-corrected chi connectivity index (χ1v) is 8.58. The van der Waals surface area contributed by atoms with Crippen molar-refractivity contribution in [3.63, 3.8) is 0 Å². The van der Waals surface area contributed by atoms with E-state index in [0.29, 0.717) is 12.8 Å². The van der Waals surface area contributed by atoms with Gasteiger partial charge in [0.25, 0.3) is 0 Å². The van der Waals surface area contributed by atoms with Gasteiger partial charge in [0.2, 0.25) is 0 Å². The average molecular weight is 340 g/mol. The van der Waals surface area contributed by atoms with Gasteiger partial charge in [-0.15, -0.1) is 0 Å². The lowest BCUT2D eigenvalue weighted by Gasteiger charge is -2.44. The fourth-order valence-electron chi connectivity index (χ4n) is 3.38. The Labute approximate surface area is 148 Å². The van der Waals surface area contributed by atoms with E-state index >= 15 is 0 Å². The van der Waals surface area contributed by atoms with Crippen LogP contribution in [0.3, 0.4) is 0 Å². The predicted octanol–water partition coefficient (Wildman–Crippen LogP) is 2.51. The molecule has 132 valence electrons. The molecule has 2 aromatic rings. The van der Waals surface area contributed by atoms with Crippen molar-refractivity contribution in [1.29, 1.82) is 5.26 Å². The first kappa shape index (κ1) is 17.5. The van der Waals surface area contributed by atoms with Crippen LogP contribution in [0, 0.1) is 18.3 Å². The van der Waals surface area contributed by atoms with E-state index in [0.717, 1.165) is 23.3 Å². The Balaban J connectivity index is 1.74. The molecule has 0 radical (unpaired) electrons. The molecule has 4 atom stereocenters. The van der Waals surface area contributed by atoms with Crippen molar-refractivity contribution in [1.82, 2.24) is 15.1 Å². The van der Waals surface area contributed by atoms with Crippen molar-refractivity contribution < 1.29 is 9.84 Å². The number of methoxy groups -OCH3 is 1. The third-order valence-corrected chi connectivity index (χ3v) is 4.82. The topological polar surface area (TPSA) is 83.1 Å². The lowest BCUT2D eigenvalue weighted by molar-refractivity contribution is -0.0121. The molecule has 1 aliphatic carbocycles. The quantitative estimate of drug-likeness (QED) is 0.809. The maximum absolute atomic E-state index is 10.2. The molecule has 6 nitrogen and oxygen atoms in total. The van der Waals surface area contributed by atoms with Crippen molar-refractivity contribution in [2.45, 2.75) is 50.4 Å². The molecule has 6 heteroatoms. The van der Waals surface area contributed by atoms with Crippen LogP contribution in [-0.4, -0.2) is 34.1 Å². The number of aryl methyl sites for hydroxylation is 1.